The fourth-order valence-electron chi connectivity index (χ4n) is 1.96. The lowest BCUT2D eigenvalue weighted by Gasteiger charge is -2.10. The summed E-state index contributed by atoms with van der Waals surface area (Å²) in [6, 6.07) is 10.5. The van der Waals surface area contributed by atoms with E-state index in [0.717, 1.165) is 11.0 Å². The third-order valence-corrected chi connectivity index (χ3v) is 2.89. The summed E-state index contributed by atoms with van der Waals surface area (Å²) in [7, 11) is 1.49. The van der Waals surface area contributed by atoms with Crippen molar-refractivity contribution in [3.8, 4) is 5.88 Å². The van der Waals surface area contributed by atoms with Crippen LogP contribution in [-0.2, 0) is 0 Å². The Bertz CT molecular complexity index is 784. The smallest absolute Gasteiger partial charge is 0.338 e. The number of hydrogen-bond donors (Lipinski definition) is 2. The lowest BCUT2D eigenvalue weighted by atomic mass is 10.3. The topological polar surface area (TPSA) is 81.1 Å². The summed E-state index contributed by atoms with van der Waals surface area (Å²) >= 11 is 0. The second kappa shape index (κ2) is 5.49. The van der Waals surface area contributed by atoms with E-state index in [-0.39, 0.29) is 0 Å². The number of ether oxygens (including phenoxy) is 1. The first kappa shape index (κ1) is 12.9. The van der Waals surface area contributed by atoms with Gasteiger partial charge in [0.1, 0.15) is 12.0 Å². The van der Waals surface area contributed by atoms with E-state index < -0.39 is 6.03 Å². The second-order valence-electron chi connectivity index (χ2n) is 4.23. The van der Waals surface area contributed by atoms with Crippen LogP contribution in [0.4, 0.5) is 10.5 Å². The number of rotatable bonds is 3. The largest absolute Gasteiger partial charge is 0.480 e. The minimum Gasteiger partial charge on any atom is -0.480 e. The van der Waals surface area contributed by atoms with E-state index in [2.05, 4.69) is 20.7 Å². The minimum atomic E-state index is -0.413. The maximum absolute atomic E-state index is 12.0. The summed E-state index contributed by atoms with van der Waals surface area (Å²) < 4.78 is 6.63. The fraction of sp³-hybridized carbons (Fsp3) is 0.0714. The minimum absolute atomic E-state index is 0.350. The van der Waals surface area contributed by atoms with Gasteiger partial charge in [-0.05, 0) is 24.3 Å². The Morgan fingerprint density at radius 2 is 2.05 bits per heavy atom. The summed E-state index contributed by atoms with van der Waals surface area (Å²) in [5.74, 6) is 0.350. The number of nitrogens with zero attached hydrogens (tertiary/aromatic N) is 3. The van der Waals surface area contributed by atoms with Crippen molar-refractivity contribution in [3.63, 3.8) is 0 Å². The fourth-order valence-corrected chi connectivity index (χ4v) is 1.96. The maximum Gasteiger partial charge on any atom is 0.338 e. The zero-order chi connectivity index (χ0) is 14.7. The van der Waals surface area contributed by atoms with Gasteiger partial charge in [-0.2, -0.15) is 0 Å². The molecule has 0 bridgehead atoms. The molecule has 3 rings (SSSR count). The number of carbonyl (C=O) groups is 1. The Kier molecular flexibility index (Phi) is 3.38. The van der Waals surface area contributed by atoms with Crippen molar-refractivity contribution >= 4 is 22.8 Å². The number of methoxy groups -OCH3 is 1. The highest BCUT2D eigenvalue weighted by Crippen LogP contribution is 2.19. The van der Waals surface area contributed by atoms with Gasteiger partial charge in [0.05, 0.1) is 18.1 Å². The molecule has 1 aromatic carbocycles. The van der Waals surface area contributed by atoms with E-state index in [1.807, 2.05) is 24.3 Å². The quantitative estimate of drug-likeness (QED) is 0.772. The first-order chi connectivity index (χ1) is 10.3. The molecule has 0 aliphatic heterocycles. The van der Waals surface area contributed by atoms with E-state index in [1.165, 1.54) is 7.11 Å². The second-order valence-corrected chi connectivity index (χ2v) is 4.23. The molecule has 21 heavy (non-hydrogen) atoms. The molecule has 0 saturated carbocycles. The molecule has 2 heterocycles. The summed E-state index contributed by atoms with van der Waals surface area (Å²) in [4.78, 5) is 20.2. The molecular weight excluding hydrogens is 270 g/mol. The summed E-state index contributed by atoms with van der Waals surface area (Å²) in [6.07, 6.45) is 3.13. The summed E-state index contributed by atoms with van der Waals surface area (Å²) in [5, 5.41) is 2.68. The van der Waals surface area contributed by atoms with Crippen molar-refractivity contribution in [1.82, 2.24) is 14.6 Å². The highest BCUT2D eigenvalue weighted by Gasteiger charge is 2.09. The summed E-state index contributed by atoms with van der Waals surface area (Å²) in [5.41, 5.74) is 4.79. The number of benzene rings is 1. The van der Waals surface area contributed by atoms with Crippen molar-refractivity contribution in [1.29, 1.82) is 0 Å². The molecule has 0 unspecified atom stereocenters. The number of fused-ring (bicyclic) bond motifs is 1. The van der Waals surface area contributed by atoms with Crippen LogP contribution in [0.2, 0.25) is 0 Å². The first-order valence-electron chi connectivity index (χ1n) is 6.27. The Labute approximate surface area is 120 Å². The number of aromatic nitrogens is 3. The van der Waals surface area contributed by atoms with Gasteiger partial charge < -0.3 is 10.1 Å². The molecule has 0 spiro atoms. The van der Waals surface area contributed by atoms with Gasteiger partial charge in [-0.1, -0.05) is 12.1 Å². The highest BCUT2D eigenvalue weighted by molar-refractivity contribution is 5.96. The average Bonchev–Trinajstić information content (AvgIpc) is 2.91. The summed E-state index contributed by atoms with van der Waals surface area (Å²) in [6.45, 7) is 0. The third-order valence-electron chi connectivity index (χ3n) is 2.89. The van der Waals surface area contributed by atoms with Crippen molar-refractivity contribution in [2.45, 2.75) is 0 Å². The Balaban J connectivity index is 1.77. The van der Waals surface area contributed by atoms with E-state index in [0.29, 0.717) is 11.6 Å². The number of pyridine rings is 1. The van der Waals surface area contributed by atoms with Crippen LogP contribution in [0.1, 0.15) is 0 Å². The van der Waals surface area contributed by atoms with Gasteiger partial charge >= 0.3 is 6.03 Å². The van der Waals surface area contributed by atoms with Crippen LogP contribution in [0.5, 0.6) is 5.88 Å². The van der Waals surface area contributed by atoms with Crippen molar-refractivity contribution in [2.24, 2.45) is 0 Å². The number of carbonyl (C=O) groups excluding carboxylic acids is 1. The Morgan fingerprint density at radius 3 is 2.90 bits per heavy atom. The zero-order valence-electron chi connectivity index (χ0n) is 11.3. The third kappa shape index (κ3) is 2.62. The molecular formula is C14H13N5O2. The monoisotopic (exact) mass is 283 g/mol. The number of para-hydroxylation sites is 2. The molecule has 0 aliphatic carbocycles. The van der Waals surface area contributed by atoms with Crippen LogP contribution in [0.3, 0.4) is 0 Å². The number of amides is 2. The Hall–Kier alpha value is -3.09. The van der Waals surface area contributed by atoms with Gasteiger partial charge in [-0.25, -0.2) is 24.9 Å². The van der Waals surface area contributed by atoms with Crippen LogP contribution in [-0.4, -0.2) is 27.8 Å². The molecule has 7 nitrogen and oxygen atoms in total. The van der Waals surface area contributed by atoms with Gasteiger partial charge in [0.2, 0.25) is 5.88 Å². The number of imidazole rings is 1. The molecule has 7 heteroatoms. The number of urea groups is 1. The molecule has 2 aromatic heterocycles. The van der Waals surface area contributed by atoms with E-state index in [4.69, 9.17) is 4.74 Å². The Morgan fingerprint density at radius 1 is 1.19 bits per heavy atom. The van der Waals surface area contributed by atoms with E-state index in [9.17, 15) is 4.79 Å². The maximum atomic E-state index is 12.0. The molecule has 106 valence electrons. The van der Waals surface area contributed by atoms with Gasteiger partial charge in [0, 0.05) is 6.20 Å². The van der Waals surface area contributed by atoms with Crippen LogP contribution < -0.4 is 15.5 Å². The van der Waals surface area contributed by atoms with Crippen LogP contribution in [0.15, 0.2) is 48.9 Å². The van der Waals surface area contributed by atoms with Crippen LogP contribution >= 0.6 is 0 Å². The lowest BCUT2D eigenvalue weighted by Crippen LogP contribution is -2.27. The average molecular weight is 283 g/mol. The standard InChI is InChI=1S/C14H13N5O2/c1-21-13-11(6-4-8-15-13)17-14(20)18-19-9-16-10-5-2-3-7-12(10)19/h2-9H,1H3,(H2,17,18,20). The normalized spacial score (nSPS) is 10.3. The lowest BCUT2D eigenvalue weighted by molar-refractivity contribution is 0.259. The number of hydrogen-bond acceptors (Lipinski definition) is 4. The van der Waals surface area contributed by atoms with Gasteiger partial charge in [-0.3, -0.25) is 0 Å². The molecule has 2 amide bonds. The molecule has 0 aliphatic rings. The van der Waals surface area contributed by atoms with Gasteiger partial charge in [0.15, 0.2) is 0 Å². The molecule has 2 N–H and O–H groups in total. The predicted octanol–water partition coefficient (Wildman–Crippen LogP) is 2.22. The highest BCUT2D eigenvalue weighted by atomic mass is 16.5. The molecule has 0 atom stereocenters. The predicted molar refractivity (Wildman–Crippen MR) is 78.9 cm³/mol. The van der Waals surface area contributed by atoms with Crippen molar-refractivity contribution in [2.75, 3.05) is 17.9 Å². The molecule has 0 radical (unpaired) electrons. The first-order valence-corrected chi connectivity index (χ1v) is 6.27. The molecule has 0 saturated heterocycles. The van der Waals surface area contributed by atoms with Crippen molar-refractivity contribution < 1.29 is 9.53 Å². The van der Waals surface area contributed by atoms with Crippen molar-refractivity contribution in [3.05, 3.63) is 48.9 Å². The zero-order valence-corrected chi connectivity index (χ0v) is 11.3. The van der Waals surface area contributed by atoms with E-state index >= 15 is 0 Å². The van der Waals surface area contributed by atoms with E-state index in [1.54, 1.807) is 29.3 Å². The van der Waals surface area contributed by atoms with Crippen LogP contribution in [0.25, 0.3) is 11.0 Å². The van der Waals surface area contributed by atoms with Crippen LogP contribution in [0, 0.1) is 0 Å². The SMILES string of the molecule is COc1ncccc1NC(=O)Nn1cnc2ccccc21. The van der Waals surface area contributed by atoms with Gasteiger partial charge in [0.25, 0.3) is 0 Å². The van der Waals surface area contributed by atoms with Gasteiger partial charge in [-0.15, -0.1) is 0 Å². The number of nitrogens with one attached hydrogen (secondary N) is 2. The molecule has 3 aromatic rings. The number of anilines is 1. The molecule has 0 fully saturated rings.